The van der Waals surface area contributed by atoms with Crippen molar-refractivity contribution in [3.63, 3.8) is 0 Å². The molecule has 2 atom stereocenters. The summed E-state index contributed by atoms with van der Waals surface area (Å²) in [7, 11) is -6.75. The smallest absolute Gasteiger partial charge is 0.282 e. The first-order valence-electron chi connectivity index (χ1n) is 8.39. The van der Waals surface area contributed by atoms with Gasteiger partial charge in [-0.2, -0.15) is 17.0 Å². The molecule has 1 N–H and O–H groups in total. The summed E-state index contributed by atoms with van der Waals surface area (Å²) in [5.74, 6) is -0.141. The zero-order valence-corrected chi connectivity index (χ0v) is 15.9. The van der Waals surface area contributed by atoms with E-state index >= 15 is 0 Å². The van der Waals surface area contributed by atoms with Gasteiger partial charge in [-0.15, -0.1) is 0 Å². The number of nitrogens with one attached hydrogen (secondary N) is 1. The molecule has 0 aliphatic carbocycles. The Morgan fingerprint density at radius 3 is 2.58 bits per heavy atom. The summed E-state index contributed by atoms with van der Waals surface area (Å²) in [5, 5.41) is 2.64. The molecule has 0 radical (unpaired) electrons. The normalized spacial score (nSPS) is 28.1. The van der Waals surface area contributed by atoms with Gasteiger partial charge in [-0.3, -0.25) is 4.79 Å². The Morgan fingerprint density at radius 2 is 2.04 bits per heavy atom. The third-order valence-electron chi connectivity index (χ3n) is 4.54. The second kappa shape index (κ2) is 7.67. The third kappa shape index (κ3) is 4.90. The molecule has 2 unspecified atom stereocenters. The molecule has 0 aromatic rings. The number of sulfone groups is 1. The molecular weight excluding hydrogens is 354 g/mol. The van der Waals surface area contributed by atoms with Crippen LogP contribution in [0, 0.1) is 5.92 Å². The molecule has 0 bridgehead atoms. The van der Waals surface area contributed by atoms with Crippen molar-refractivity contribution in [3.05, 3.63) is 0 Å². The van der Waals surface area contributed by atoms with E-state index in [2.05, 4.69) is 5.32 Å². The van der Waals surface area contributed by atoms with Gasteiger partial charge >= 0.3 is 0 Å². The van der Waals surface area contributed by atoms with E-state index in [1.165, 1.54) is 4.31 Å². The molecule has 0 aromatic heterocycles. The van der Waals surface area contributed by atoms with Crippen molar-refractivity contribution < 1.29 is 21.6 Å². The molecule has 2 aliphatic heterocycles. The molecule has 10 heteroatoms. The van der Waals surface area contributed by atoms with Crippen molar-refractivity contribution in [2.24, 2.45) is 5.92 Å². The van der Waals surface area contributed by atoms with E-state index in [1.807, 2.05) is 6.92 Å². The van der Waals surface area contributed by atoms with Crippen LogP contribution in [-0.2, 0) is 24.8 Å². The van der Waals surface area contributed by atoms with Gasteiger partial charge in [-0.25, -0.2) is 8.42 Å². The molecular formula is C14H27N3O5S2. The van der Waals surface area contributed by atoms with Crippen LogP contribution in [0.5, 0.6) is 0 Å². The Hall–Kier alpha value is -0.710. The van der Waals surface area contributed by atoms with E-state index in [9.17, 15) is 21.6 Å². The number of hydrogen-bond acceptors (Lipinski definition) is 5. The topological polar surface area (TPSA) is 104 Å². The Balaban J connectivity index is 1.96. The number of nitrogens with zero attached hydrogens (tertiary/aromatic N) is 2. The highest BCUT2D eigenvalue weighted by atomic mass is 32.2. The molecule has 8 nitrogen and oxygen atoms in total. The molecule has 2 heterocycles. The summed E-state index contributed by atoms with van der Waals surface area (Å²) in [6, 6.07) is -0.418. The number of likely N-dealkylation sites (N-methyl/N-ethyl adjacent to an activating group) is 1. The van der Waals surface area contributed by atoms with E-state index in [1.54, 1.807) is 6.92 Å². The summed E-state index contributed by atoms with van der Waals surface area (Å²) < 4.78 is 50.9. The number of carbonyl (C=O) groups is 1. The van der Waals surface area contributed by atoms with Crippen molar-refractivity contribution in [1.29, 1.82) is 0 Å². The quantitative estimate of drug-likeness (QED) is 0.673. The lowest BCUT2D eigenvalue weighted by Crippen LogP contribution is -2.51. The lowest BCUT2D eigenvalue weighted by Gasteiger charge is -2.34. The lowest BCUT2D eigenvalue weighted by molar-refractivity contribution is -0.121. The van der Waals surface area contributed by atoms with Crippen molar-refractivity contribution >= 4 is 26.0 Å². The standard InChI is InChI=1S/C14H27N3O5S2/c1-3-16(24(21,22)17-7-4-5-12(2)9-17)10-14(18)15-13-6-8-23(19,20)11-13/h12-13H,3-11H2,1-2H3,(H,15,18). The Kier molecular flexibility index (Phi) is 6.27. The number of rotatable bonds is 6. The first-order valence-corrected chi connectivity index (χ1v) is 11.6. The van der Waals surface area contributed by atoms with E-state index in [-0.39, 0.29) is 24.6 Å². The molecule has 0 aromatic carbocycles. The van der Waals surface area contributed by atoms with E-state index in [0.717, 1.165) is 17.1 Å². The molecule has 140 valence electrons. The van der Waals surface area contributed by atoms with Crippen molar-refractivity contribution in [1.82, 2.24) is 13.9 Å². The Labute approximate surface area is 144 Å². The van der Waals surface area contributed by atoms with Gasteiger partial charge in [0.1, 0.15) is 0 Å². The SMILES string of the molecule is CCN(CC(=O)NC1CCS(=O)(=O)C1)S(=O)(=O)N1CCCC(C)C1. The highest BCUT2D eigenvalue weighted by Gasteiger charge is 2.34. The average molecular weight is 382 g/mol. The van der Waals surface area contributed by atoms with Crippen molar-refractivity contribution in [2.75, 3.05) is 37.7 Å². The number of amides is 1. The van der Waals surface area contributed by atoms with Gasteiger partial charge < -0.3 is 5.32 Å². The van der Waals surface area contributed by atoms with Crippen LogP contribution in [0.2, 0.25) is 0 Å². The maximum Gasteiger partial charge on any atom is 0.282 e. The molecule has 1 amide bonds. The van der Waals surface area contributed by atoms with Crippen molar-refractivity contribution in [2.45, 2.75) is 39.2 Å². The van der Waals surface area contributed by atoms with Crippen LogP contribution in [0.1, 0.15) is 33.1 Å². The summed E-state index contributed by atoms with van der Waals surface area (Å²) in [4.78, 5) is 12.1. The fourth-order valence-corrected chi connectivity index (χ4v) is 6.63. The van der Waals surface area contributed by atoms with Crippen LogP contribution in [0.25, 0.3) is 0 Å². The Bertz CT molecular complexity index is 662. The molecule has 2 rings (SSSR count). The maximum atomic E-state index is 12.7. The van der Waals surface area contributed by atoms with E-state index in [4.69, 9.17) is 0 Å². The average Bonchev–Trinajstić information content (AvgIpc) is 2.83. The van der Waals surface area contributed by atoms with Crippen molar-refractivity contribution in [3.8, 4) is 0 Å². The second-order valence-corrected chi connectivity index (χ2v) is 10.9. The first-order chi connectivity index (χ1) is 11.1. The summed E-state index contributed by atoms with van der Waals surface area (Å²) in [6.07, 6.45) is 2.22. The van der Waals surface area contributed by atoms with Crippen LogP contribution < -0.4 is 5.32 Å². The molecule has 2 fully saturated rings. The second-order valence-electron chi connectivity index (χ2n) is 6.71. The highest BCUT2D eigenvalue weighted by molar-refractivity contribution is 7.91. The first kappa shape index (κ1) is 19.6. The molecule has 0 saturated carbocycles. The summed E-state index contributed by atoms with van der Waals surface area (Å²) in [5.41, 5.74) is 0. The fraction of sp³-hybridized carbons (Fsp3) is 0.929. The van der Waals surface area contributed by atoms with Gasteiger partial charge in [0.15, 0.2) is 9.84 Å². The highest BCUT2D eigenvalue weighted by Crippen LogP contribution is 2.20. The molecule has 24 heavy (non-hydrogen) atoms. The largest absolute Gasteiger partial charge is 0.351 e. The van der Waals surface area contributed by atoms with Crippen LogP contribution >= 0.6 is 0 Å². The monoisotopic (exact) mass is 381 g/mol. The summed E-state index contributed by atoms with van der Waals surface area (Å²) in [6.45, 7) is 4.58. The lowest BCUT2D eigenvalue weighted by atomic mass is 10.0. The van der Waals surface area contributed by atoms with Crippen LogP contribution in [-0.4, -0.2) is 75.1 Å². The zero-order valence-electron chi connectivity index (χ0n) is 14.3. The summed E-state index contributed by atoms with van der Waals surface area (Å²) >= 11 is 0. The number of carbonyl (C=O) groups excluding carboxylic acids is 1. The minimum absolute atomic E-state index is 0.0682. The van der Waals surface area contributed by atoms with E-state index in [0.29, 0.717) is 25.4 Å². The third-order valence-corrected chi connectivity index (χ3v) is 8.33. The van der Waals surface area contributed by atoms with Crippen LogP contribution in [0.15, 0.2) is 0 Å². The van der Waals surface area contributed by atoms with Gasteiger partial charge in [0.25, 0.3) is 10.2 Å². The minimum atomic E-state index is -3.67. The Morgan fingerprint density at radius 1 is 1.33 bits per heavy atom. The van der Waals surface area contributed by atoms with Crippen LogP contribution in [0.3, 0.4) is 0 Å². The van der Waals surface area contributed by atoms with Crippen LogP contribution in [0.4, 0.5) is 0 Å². The molecule has 2 saturated heterocycles. The minimum Gasteiger partial charge on any atom is -0.351 e. The van der Waals surface area contributed by atoms with E-state index < -0.39 is 32.0 Å². The van der Waals surface area contributed by atoms with Gasteiger partial charge in [0.2, 0.25) is 5.91 Å². The predicted octanol–water partition coefficient (Wildman–Crippen LogP) is -0.412. The van der Waals surface area contributed by atoms with Gasteiger partial charge in [0.05, 0.1) is 18.1 Å². The van der Waals surface area contributed by atoms with Gasteiger partial charge in [-0.1, -0.05) is 13.8 Å². The maximum absolute atomic E-state index is 12.7. The number of hydrogen-bond donors (Lipinski definition) is 1. The predicted molar refractivity (Wildman–Crippen MR) is 91.3 cm³/mol. The molecule has 2 aliphatic rings. The fourth-order valence-electron chi connectivity index (χ4n) is 3.22. The number of piperidine rings is 1. The molecule has 0 spiro atoms. The van der Waals surface area contributed by atoms with Gasteiger partial charge in [-0.05, 0) is 25.2 Å². The van der Waals surface area contributed by atoms with Gasteiger partial charge in [0, 0.05) is 25.7 Å². The zero-order chi connectivity index (χ0) is 18.0.